The van der Waals surface area contributed by atoms with Gasteiger partial charge in [0.1, 0.15) is 0 Å². The number of carboxylic acid groups (broad SMARTS) is 1. The van der Waals surface area contributed by atoms with Crippen LogP contribution in [0.3, 0.4) is 0 Å². The van der Waals surface area contributed by atoms with Crippen molar-refractivity contribution in [2.24, 2.45) is 5.73 Å². The molecule has 1 fully saturated rings. The van der Waals surface area contributed by atoms with E-state index >= 15 is 0 Å². The average Bonchev–Trinajstić information content (AvgIpc) is 2.47. The molecular formula is C15H20N2O3. The Labute approximate surface area is 118 Å². The Bertz CT molecular complexity index is 493. The molecule has 108 valence electrons. The van der Waals surface area contributed by atoms with Gasteiger partial charge in [-0.3, -0.25) is 14.5 Å². The van der Waals surface area contributed by atoms with Crippen molar-refractivity contribution in [3.05, 3.63) is 35.9 Å². The second kappa shape index (κ2) is 5.63. The second-order valence-corrected chi connectivity index (χ2v) is 5.37. The lowest BCUT2D eigenvalue weighted by atomic mass is 9.72. The minimum absolute atomic E-state index is 0.349. The quantitative estimate of drug-likeness (QED) is 0.858. The average molecular weight is 276 g/mol. The van der Waals surface area contributed by atoms with Crippen LogP contribution in [0.25, 0.3) is 0 Å². The molecule has 0 spiro atoms. The van der Waals surface area contributed by atoms with Crippen molar-refractivity contribution in [1.29, 1.82) is 0 Å². The number of carboxylic acids is 1. The van der Waals surface area contributed by atoms with Gasteiger partial charge in [-0.05, 0) is 25.3 Å². The van der Waals surface area contributed by atoms with E-state index in [1.54, 1.807) is 6.92 Å². The van der Waals surface area contributed by atoms with Gasteiger partial charge in [0.05, 0.1) is 11.5 Å². The fourth-order valence-corrected chi connectivity index (χ4v) is 2.86. The predicted molar refractivity (Wildman–Crippen MR) is 75.2 cm³/mol. The van der Waals surface area contributed by atoms with E-state index in [0.717, 1.165) is 5.56 Å². The Morgan fingerprint density at radius 1 is 1.25 bits per heavy atom. The molecule has 5 nitrogen and oxygen atoms in total. The van der Waals surface area contributed by atoms with Gasteiger partial charge in [0.2, 0.25) is 5.91 Å². The van der Waals surface area contributed by atoms with Crippen molar-refractivity contribution < 1.29 is 14.7 Å². The third kappa shape index (κ3) is 2.54. The first-order valence-electron chi connectivity index (χ1n) is 6.80. The van der Waals surface area contributed by atoms with E-state index in [1.807, 2.05) is 35.2 Å². The highest BCUT2D eigenvalue weighted by Crippen LogP contribution is 2.36. The van der Waals surface area contributed by atoms with E-state index in [2.05, 4.69) is 0 Å². The third-order valence-corrected chi connectivity index (χ3v) is 4.35. The zero-order valence-corrected chi connectivity index (χ0v) is 11.6. The Morgan fingerprint density at radius 2 is 1.80 bits per heavy atom. The predicted octanol–water partition coefficient (Wildman–Crippen LogP) is 0.979. The number of hydrogen-bond donors (Lipinski definition) is 2. The summed E-state index contributed by atoms with van der Waals surface area (Å²) in [6.45, 7) is 2.88. The molecule has 0 radical (unpaired) electrons. The second-order valence-electron chi connectivity index (χ2n) is 5.37. The Morgan fingerprint density at radius 3 is 2.25 bits per heavy atom. The molecule has 1 aromatic carbocycles. The molecule has 1 amide bonds. The number of nitrogens with two attached hydrogens (primary N) is 1. The standard InChI is InChI=1S/C15H20N2O3/c1-11(13(16)18)17-9-7-15(8-10-17,14(19)20)12-5-3-2-4-6-12/h2-6,11H,7-10H2,1H3,(H2,16,18)(H,19,20). The molecule has 1 atom stereocenters. The molecule has 5 heteroatoms. The molecule has 1 aliphatic heterocycles. The minimum atomic E-state index is -0.852. The Balaban J connectivity index is 2.19. The molecule has 1 saturated heterocycles. The maximum atomic E-state index is 11.8. The number of piperidine rings is 1. The van der Waals surface area contributed by atoms with Gasteiger partial charge in [-0.2, -0.15) is 0 Å². The van der Waals surface area contributed by atoms with Crippen LogP contribution >= 0.6 is 0 Å². The number of carbonyl (C=O) groups excluding carboxylic acids is 1. The number of primary amides is 1. The van der Waals surface area contributed by atoms with Gasteiger partial charge in [0.25, 0.3) is 0 Å². The zero-order chi connectivity index (χ0) is 14.8. The van der Waals surface area contributed by atoms with Gasteiger partial charge >= 0.3 is 5.97 Å². The fourth-order valence-electron chi connectivity index (χ4n) is 2.86. The van der Waals surface area contributed by atoms with Gasteiger partial charge in [0.15, 0.2) is 0 Å². The van der Waals surface area contributed by atoms with Crippen molar-refractivity contribution >= 4 is 11.9 Å². The van der Waals surface area contributed by atoms with Crippen molar-refractivity contribution in [3.8, 4) is 0 Å². The van der Waals surface area contributed by atoms with E-state index in [-0.39, 0.29) is 11.9 Å². The summed E-state index contributed by atoms with van der Waals surface area (Å²) in [6, 6.07) is 8.97. The van der Waals surface area contributed by atoms with E-state index in [9.17, 15) is 14.7 Å². The number of benzene rings is 1. The number of nitrogens with zero attached hydrogens (tertiary/aromatic N) is 1. The topological polar surface area (TPSA) is 83.6 Å². The largest absolute Gasteiger partial charge is 0.481 e. The third-order valence-electron chi connectivity index (χ3n) is 4.35. The molecular weight excluding hydrogens is 256 g/mol. The summed E-state index contributed by atoms with van der Waals surface area (Å²) in [6.07, 6.45) is 0.980. The summed E-state index contributed by atoms with van der Waals surface area (Å²) in [4.78, 5) is 25.0. The van der Waals surface area contributed by atoms with Gasteiger partial charge in [0, 0.05) is 13.1 Å². The van der Waals surface area contributed by atoms with E-state index in [4.69, 9.17) is 5.73 Å². The first kappa shape index (κ1) is 14.5. The summed E-state index contributed by atoms with van der Waals surface area (Å²) in [5.74, 6) is -1.16. The fraction of sp³-hybridized carbons (Fsp3) is 0.467. The maximum absolute atomic E-state index is 11.8. The summed E-state index contributed by atoms with van der Waals surface area (Å²) in [7, 11) is 0. The van der Waals surface area contributed by atoms with Crippen LogP contribution in [-0.2, 0) is 15.0 Å². The minimum Gasteiger partial charge on any atom is -0.481 e. The van der Waals surface area contributed by atoms with E-state index in [1.165, 1.54) is 0 Å². The number of amides is 1. The summed E-state index contributed by atoms with van der Waals surface area (Å²) in [5, 5.41) is 9.67. The molecule has 0 aromatic heterocycles. The van der Waals surface area contributed by atoms with Gasteiger partial charge in [-0.15, -0.1) is 0 Å². The van der Waals surface area contributed by atoms with Gasteiger partial charge in [-0.1, -0.05) is 30.3 Å². The number of hydrogen-bond acceptors (Lipinski definition) is 3. The van der Waals surface area contributed by atoms with Crippen molar-refractivity contribution in [2.45, 2.75) is 31.2 Å². The van der Waals surface area contributed by atoms with E-state index in [0.29, 0.717) is 25.9 Å². The zero-order valence-electron chi connectivity index (χ0n) is 11.6. The number of carbonyl (C=O) groups is 2. The van der Waals surface area contributed by atoms with Crippen LogP contribution in [0.2, 0.25) is 0 Å². The summed E-state index contributed by atoms with van der Waals surface area (Å²) in [5.41, 5.74) is 5.29. The highest BCUT2D eigenvalue weighted by atomic mass is 16.4. The molecule has 2 rings (SSSR count). The molecule has 0 saturated carbocycles. The lowest BCUT2D eigenvalue weighted by Crippen LogP contribution is -2.52. The summed E-state index contributed by atoms with van der Waals surface area (Å²) < 4.78 is 0. The summed E-state index contributed by atoms with van der Waals surface area (Å²) >= 11 is 0. The highest BCUT2D eigenvalue weighted by Gasteiger charge is 2.43. The lowest BCUT2D eigenvalue weighted by Gasteiger charge is -2.40. The molecule has 1 heterocycles. The molecule has 3 N–H and O–H groups in total. The lowest BCUT2D eigenvalue weighted by molar-refractivity contribution is -0.146. The SMILES string of the molecule is CC(C(N)=O)N1CCC(C(=O)O)(c2ccccc2)CC1. The monoisotopic (exact) mass is 276 g/mol. The van der Waals surface area contributed by atoms with Gasteiger partial charge < -0.3 is 10.8 Å². The van der Waals surface area contributed by atoms with Crippen LogP contribution in [0.1, 0.15) is 25.3 Å². The maximum Gasteiger partial charge on any atom is 0.314 e. The molecule has 1 aliphatic rings. The van der Waals surface area contributed by atoms with Gasteiger partial charge in [-0.25, -0.2) is 0 Å². The molecule has 1 unspecified atom stereocenters. The van der Waals surface area contributed by atoms with E-state index < -0.39 is 11.4 Å². The van der Waals surface area contributed by atoms with Crippen LogP contribution in [0.5, 0.6) is 0 Å². The van der Waals surface area contributed by atoms with Crippen molar-refractivity contribution in [2.75, 3.05) is 13.1 Å². The van der Waals surface area contributed by atoms with Crippen molar-refractivity contribution in [3.63, 3.8) is 0 Å². The smallest absolute Gasteiger partial charge is 0.314 e. The molecule has 0 aliphatic carbocycles. The first-order valence-corrected chi connectivity index (χ1v) is 6.80. The normalized spacial score (nSPS) is 20.2. The Hall–Kier alpha value is -1.88. The highest BCUT2D eigenvalue weighted by molar-refractivity contribution is 5.82. The first-order chi connectivity index (χ1) is 9.47. The Kier molecular flexibility index (Phi) is 4.09. The van der Waals surface area contributed by atoms with Crippen LogP contribution in [0.15, 0.2) is 30.3 Å². The van der Waals surface area contributed by atoms with Crippen molar-refractivity contribution in [1.82, 2.24) is 4.90 Å². The molecule has 1 aromatic rings. The molecule has 20 heavy (non-hydrogen) atoms. The van der Waals surface area contributed by atoms with Crippen LogP contribution in [0, 0.1) is 0 Å². The van der Waals surface area contributed by atoms with Crippen LogP contribution in [0.4, 0.5) is 0 Å². The number of likely N-dealkylation sites (tertiary alicyclic amines) is 1. The van der Waals surface area contributed by atoms with Crippen LogP contribution < -0.4 is 5.73 Å². The number of aliphatic carboxylic acids is 1. The molecule has 0 bridgehead atoms. The number of rotatable bonds is 4. The van der Waals surface area contributed by atoms with Crippen LogP contribution in [-0.4, -0.2) is 41.0 Å².